The second kappa shape index (κ2) is 14.3. The van der Waals surface area contributed by atoms with Gasteiger partial charge in [-0.15, -0.1) is 11.3 Å². The second-order valence-electron chi connectivity index (χ2n) is 9.94. The normalized spacial score (nSPS) is 11.6. The third kappa shape index (κ3) is 8.49. The van der Waals surface area contributed by atoms with Crippen LogP contribution in [0, 0.1) is 0 Å². The minimum atomic E-state index is -3.51. The van der Waals surface area contributed by atoms with Crippen molar-refractivity contribution in [2.45, 2.75) is 17.7 Å². The molecule has 1 amide bonds. The largest absolute Gasteiger partial charge is 0.480 e. The number of para-hydroxylation sites is 1. The van der Waals surface area contributed by atoms with Gasteiger partial charge in [-0.3, -0.25) is 4.79 Å². The van der Waals surface area contributed by atoms with Gasteiger partial charge in [-0.1, -0.05) is 53.5 Å². The minimum Gasteiger partial charge on any atom is -0.480 e. The number of aliphatic carboxylic acids is 1. The molecule has 2 N–H and O–H groups in total. The number of benzene rings is 4. The van der Waals surface area contributed by atoms with Crippen molar-refractivity contribution in [1.29, 1.82) is 0 Å². The van der Waals surface area contributed by atoms with E-state index < -0.39 is 28.3 Å². The van der Waals surface area contributed by atoms with E-state index in [1.807, 2.05) is 30.4 Å². The third-order valence-electron chi connectivity index (χ3n) is 6.65. The van der Waals surface area contributed by atoms with Gasteiger partial charge in [0.25, 0.3) is 5.91 Å². The highest BCUT2D eigenvalue weighted by Gasteiger charge is 2.16. The number of carboxylic acid groups (broad SMARTS) is 1. The van der Waals surface area contributed by atoms with E-state index >= 15 is 0 Å². The van der Waals surface area contributed by atoms with E-state index in [1.54, 1.807) is 42.5 Å². The van der Waals surface area contributed by atoms with E-state index in [-0.39, 0.29) is 22.1 Å². The molecule has 0 saturated heterocycles. The van der Waals surface area contributed by atoms with Crippen LogP contribution in [-0.4, -0.2) is 42.7 Å². The predicted octanol–water partition coefficient (Wildman–Crippen LogP) is 7.90. The molecule has 0 aliphatic rings. The smallest absolute Gasteiger partial charge is 0.341 e. The molecular weight excluding hydrogens is 655 g/mol. The summed E-state index contributed by atoms with van der Waals surface area (Å²) in [5.41, 5.74) is 2.89. The molecule has 0 spiro atoms. The molecule has 5 aromatic rings. The molecule has 0 saturated carbocycles. The van der Waals surface area contributed by atoms with Crippen LogP contribution < -0.4 is 10.1 Å². The maximum atomic E-state index is 13.3. The minimum absolute atomic E-state index is 0.0854. The van der Waals surface area contributed by atoms with Gasteiger partial charge in [-0.05, 0) is 90.7 Å². The first-order chi connectivity index (χ1) is 21.6. The maximum Gasteiger partial charge on any atom is 0.341 e. The van der Waals surface area contributed by atoms with E-state index in [9.17, 15) is 18.0 Å². The van der Waals surface area contributed by atoms with Crippen LogP contribution in [0.25, 0.3) is 22.4 Å². The van der Waals surface area contributed by atoms with Gasteiger partial charge in [0, 0.05) is 10.6 Å². The molecule has 1 aromatic heterocycles. The van der Waals surface area contributed by atoms with Gasteiger partial charge in [0.2, 0.25) is 0 Å². The molecule has 230 valence electrons. The molecule has 0 bridgehead atoms. The van der Waals surface area contributed by atoms with Gasteiger partial charge in [0.1, 0.15) is 16.3 Å². The molecule has 0 atom stereocenters. The number of carbonyl (C=O) groups excluding carboxylic acids is 1. The van der Waals surface area contributed by atoms with Crippen molar-refractivity contribution in [3.8, 4) is 5.75 Å². The number of nitrogens with zero attached hydrogens (tertiary/aromatic N) is 1. The summed E-state index contributed by atoms with van der Waals surface area (Å²) < 4.78 is 31.8. The highest BCUT2D eigenvalue weighted by Crippen LogP contribution is 2.30. The fourth-order valence-corrected chi connectivity index (χ4v) is 7.08. The Balaban J connectivity index is 1.30. The van der Waals surface area contributed by atoms with Crippen molar-refractivity contribution < 1.29 is 27.9 Å². The first kappa shape index (κ1) is 32.2. The average Bonchev–Trinajstić information content (AvgIpc) is 3.44. The number of carbonyl (C=O) groups is 2. The zero-order chi connectivity index (χ0) is 32.0. The number of nitrogens with one attached hydrogen (secondary N) is 1. The molecule has 0 aliphatic heterocycles. The Bertz CT molecular complexity index is 2010. The Hall–Kier alpha value is -4.22. The highest BCUT2D eigenvalue weighted by atomic mass is 35.5. The third-order valence-corrected chi connectivity index (χ3v) is 10.0. The van der Waals surface area contributed by atoms with Crippen molar-refractivity contribution in [3.63, 3.8) is 0 Å². The van der Waals surface area contributed by atoms with Gasteiger partial charge in [-0.25, -0.2) is 18.2 Å². The number of ether oxygens (including phenoxy) is 1. The van der Waals surface area contributed by atoms with E-state index in [2.05, 4.69) is 10.3 Å². The first-order valence-corrected chi connectivity index (χ1v) is 16.9. The number of aromatic nitrogens is 1. The molecule has 0 unspecified atom stereocenters. The molecule has 5 rings (SSSR count). The predicted molar refractivity (Wildman–Crippen MR) is 179 cm³/mol. The summed E-state index contributed by atoms with van der Waals surface area (Å²) in [7, 11) is -3.51. The molecular formula is C33H26Cl2N2O6S2. The fraction of sp³-hybridized carbons (Fsp3) is 0.121. The number of hydrogen-bond acceptors (Lipinski definition) is 7. The number of sulfone groups is 1. The van der Waals surface area contributed by atoms with Gasteiger partial charge in [0.15, 0.2) is 16.4 Å². The van der Waals surface area contributed by atoms with E-state index in [0.29, 0.717) is 28.5 Å². The van der Waals surface area contributed by atoms with Crippen molar-refractivity contribution >= 4 is 84.3 Å². The monoisotopic (exact) mass is 680 g/mol. The topological polar surface area (TPSA) is 123 Å². The van der Waals surface area contributed by atoms with Crippen LogP contribution in [0.2, 0.25) is 10.0 Å². The lowest BCUT2D eigenvalue weighted by Gasteiger charge is -2.14. The number of hydrogen-bond donors (Lipinski definition) is 2. The fourth-order valence-electron chi connectivity index (χ4n) is 4.47. The summed E-state index contributed by atoms with van der Waals surface area (Å²) >= 11 is 13.6. The number of rotatable bonds is 12. The van der Waals surface area contributed by atoms with Crippen LogP contribution in [0.4, 0.5) is 5.69 Å². The summed E-state index contributed by atoms with van der Waals surface area (Å²) in [6.45, 7) is -0.598. The van der Waals surface area contributed by atoms with Crippen LogP contribution in [0.15, 0.2) is 89.8 Å². The quantitative estimate of drug-likeness (QED) is 0.137. The SMILES string of the molecule is O=C(O)COc1ccc(CCCS(=O)(=O)c2ccc(Cl)cc2)cc1NC(=O)c1cccc(/C=C/c2nc3c(Cl)cccc3s2)c1. The lowest BCUT2D eigenvalue weighted by molar-refractivity contribution is -0.139. The van der Waals surface area contributed by atoms with Gasteiger partial charge < -0.3 is 15.2 Å². The number of thiazole rings is 1. The lowest BCUT2D eigenvalue weighted by atomic mass is 10.1. The summed E-state index contributed by atoms with van der Waals surface area (Å²) in [6, 6.07) is 23.5. The molecule has 0 fully saturated rings. The molecule has 0 radical (unpaired) electrons. The lowest BCUT2D eigenvalue weighted by Crippen LogP contribution is -2.15. The van der Waals surface area contributed by atoms with Crippen molar-refractivity contribution in [2.24, 2.45) is 0 Å². The molecule has 8 nitrogen and oxygen atoms in total. The molecule has 4 aromatic carbocycles. The summed E-state index contributed by atoms with van der Waals surface area (Å²) in [5.74, 6) is -1.51. The highest BCUT2D eigenvalue weighted by molar-refractivity contribution is 7.91. The Morgan fingerprint density at radius 1 is 0.956 bits per heavy atom. The van der Waals surface area contributed by atoms with Crippen LogP contribution in [-0.2, 0) is 21.1 Å². The number of halogens is 2. The number of aryl methyl sites for hydroxylation is 1. The maximum absolute atomic E-state index is 13.3. The van der Waals surface area contributed by atoms with Crippen LogP contribution in [0.5, 0.6) is 5.75 Å². The van der Waals surface area contributed by atoms with Gasteiger partial charge in [0.05, 0.1) is 26.1 Å². The molecule has 12 heteroatoms. The average molecular weight is 682 g/mol. The Morgan fingerprint density at radius 2 is 1.73 bits per heavy atom. The number of carboxylic acids is 1. The van der Waals surface area contributed by atoms with E-state index in [0.717, 1.165) is 26.4 Å². The van der Waals surface area contributed by atoms with Crippen LogP contribution in [0.3, 0.4) is 0 Å². The summed E-state index contributed by atoms with van der Waals surface area (Å²) in [6.07, 6.45) is 4.42. The number of anilines is 1. The zero-order valence-electron chi connectivity index (χ0n) is 23.6. The Kier molecular flexibility index (Phi) is 10.2. The Morgan fingerprint density at radius 3 is 2.49 bits per heavy atom. The standard InChI is InChI=1S/C33H26Cl2N2O6S2/c34-24-11-13-25(14-12-24)45(41,42)17-3-5-22-9-15-28(43-20-31(38)39)27(19-22)36-33(40)23-6-1-4-21(18-23)10-16-30-37-32-26(35)7-2-8-29(32)44-30/h1-2,4,6-16,18-19H,3,5,17,20H2,(H,36,40)(H,38,39)/b16-10+. The zero-order valence-corrected chi connectivity index (χ0v) is 26.7. The number of fused-ring (bicyclic) bond motifs is 1. The molecule has 1 heterocycles. The van der Waals surface area contributed by atoms with Crippen molar-refractivity contribution in [3.05, 3.63) is 117 Å². The Labute approximate surface area is 273 Å². The second-order valence-corrected chi connectivity index (χ2v) is 14.0. The van der Waals surface area contributed by atoms with E-state index in [1.165, 1.54) is 35.6 Å². The summed E-state index contributed by atoms with van der Waals surface area (Å²) in [4.78, 5) is 29.2. The van der Waals surface area contributed by atoms with Crippen LogP contribution >= 0.6 is 34.5 Å². The van der Waals surface area contributed by atoms with Crippen molar-refractivity contribution in [1.82, 2.24) is 4.98 Å². The van der Waals surface area contributed by atoms with Crippen molar-refractivity contribution in [2.75, 3.05) is 17.7 Å². The van der Waals surface area contributed by atoms with Crippen LogP contribution in [0.1, 0.15) is 32.9 Å². The number of amides is 1. The van der Waals surface area contributed by atoms with E-state index in [4.69, 9.17) is 33.0 Å². The molecule has 0 aliphatic carbocycles. The van der Waals surface area contributed by atoms with Gasteiger partial charge in [-0.2, -0.15) is 0 Å². The van der Waals surface area contributed by atoms with Gasteiger partial charge >= 0.3 is 5.97 Å². The first-order valence-electron chi connectivity index (χ1n) is 13.7. The summed E-state index contributed by atoms with van der Waals surface area (Å²) in [5, 5.41) is 13.7. The molecule has 45 heavy (non-hydrogen) atoms.